The smallest absolute Gasteiger partial charge is 0.404 e. The van der Waals surface area contributed by atoms with Crippen LogP contribution in [0.3, 0.4) is 0 Å². The monoisotopic (exact) mass is 582 g/mol. The van der Waals surface area contributed by atoms with Crippen LogP contribution in [0.1, 0.15) is 34.1 Å². The molecule has 0 aliphatic carbocycles. The molecule has 0 spiro atoms. The van der Waals surface area contributed by atoms with E-state index < -0.39 is 69.2 Å². The first kappa shape index (κ1) is 31.9. The Morgan fingerprint density at radius 1 is 1.37 bits per heavy atom. The van der Waals surface area contributed by atoms with Crippen molar-refractivity contribution in [2.45, 2.75) is 62.5 Å². The van der Waals surface area contributed by atoms with Gasteiger partial charge in [0.1, 0.15) is 22.9 Å². The summed E-state index contributed by atoms with van der Waals surface area (Å²) in [6, 6.07) is -1.14. The average molecular weight is 583 g/mol. The number of aliphatic carboxylic acids is 1. The molecule has 2 rings (SSSR count). The van der Waals surface area contributed by atoms with Crippen LogP contribution in [-0.2, 0) is 29.5 Å². The van der Waals surface area contributed by atoms with E-state index in [0.29, 0.717) is 22.8 Å². The second kappa shape index (κ2) is 11.8. The van der Waals surface area contributed by atoms with E-state index in [1.54, 1.807) is 12.3 Å². The van der Waals surface area contributed by atoms with Gasteiger partial charge in [-0.3, -0.25) is 19.5 Å². The molecule has 6 unspecified atom stereocenters. The Kier molecular flexibility index (Phi) is 9.95. The number of rotatable bonds is 11. The minimum Gasteiger partial charge on any atom is -0.479 e. The van der Waals surface area contributed by atoms with Crippen molar-refractivity contribution in [3.8, 4) is 0 Å². The molecule has 2 heterocycles. The van der Waals surface area contributed by atoms with E-state index in [1.165, 1.54) is 31.7 Å². The normalized spacial score (nSPS) is 32.0. The summed E-state index contributed by atoms with van der Waals surface area (Å²) in [6.45, 7) is 5.19. The predicted octanol–water partition coefficient (Wildman–Crippen LogP) is -1.48. The van der Waals surface area contributed by atoms with Gasteiger partial charge in [-0.05, 0) is 45.1 Å². The molecule has 1 fully saturated rings. The number of hydrogen-bond acceptors (Lipinski definition) is 12. The fourth-order valence-corrected chi connectivity index (χ4v) is 6.73. The van der Waals surface area contributed by atoms with Gasteiger partial charge in [-0.1, -0.05) is 17.8 Å². The third-order valence-electron chi connectivity index (χ3n) is 6.30. The van der Waals surface area contributed by atoms with Gasteiger partial charge in [-0.2, -0.15) is 13.9 Å². The maximum absolute atomic E-state index is 13.1. The molecule has 2 amide bonds. The Balaban J connectivity index is 2.29. The van der Waals surface area contributed by atoms with Crippen molar-refractivity contribution < 1.29 is 47.1 Å². The van der Waals surface area contributed by atoms with E-state index in [9.17, 15) is 32.5 Å². The zero-order chi connectivity index (χ0) is 29.1. The summed E-state index contributed by atoms with van der Waals surface area (Å²) in [5.74, 6) is -3.04. The number of primary amides is 1. The van der Waals surface area contributed by atoms with Gasteiger partial charge in [0.25, 0.3) is 0 Å². The quantitative estimate of drug-likeness (QED) is 0.102. The highest BCUT2D eigenvalue weighted by atomic mass is 32.2. The summed E-state index contributed by atoms with van der Waals surface area (Å²) in [5.41, 5.74) is 10.2. The molecule has 0 aromatic carbocycles. The van der Waals surface area contributed by atoms with Gasteiger partial charge >= 0.3 is 22.4 Å². The lowest BCUT2D eigenvalue weighted by atomic mass is 9.66. The molecule has 0 aromatic rings. The highest BCUT2D eigenvalue weighted by molar-refractivity contribution is 8.03. The summed E-state index contributed by atoms with van der Waals surface area (Å²) >= 11 is 1.21. The maximum atomic E-state index is 13.1. The number of carbonyl (C=O) groups is 3. The van der Waals surface area contributed by atoms with Gasteiger partial charge in [-0.25, -0.2) is 9.59 Å². The molecule has 2 aliphatic rings. The van der Waals surface area contributed by atoms with Crippen LogP contribution in [0, 0.1) is 5.92 Å². The van der Waals surface area contributed by atoms with Crippen LogP contribution in [0.2, 0.25) is 0 Å². The molecule has 216 valence electrons. The number of nitrogens with two attached hydrogens (primary N) is 2. The highest BCUT2D eigenvalue weighted by Gasteiger charge is 2.71. The number of nitrogens with one attached hydrogen (secondary N) is 3. The Morgan fingerprint density at radius 2 is 2.00 bits per heavy atom. The zero-order valence-electron chi connectivity index (χ0n) is 21.2. The molecule has 16 nitrogen and oxygen atoms in total. The van der Waals surface area contributed by atoms with E-state index >= 15 is 0 Å². The zero-order valence-corrected chi connectivity index (χ0v) is 22.8. The van der Waals surface area contributed by atoms with E-state index in [1.807, 2.05) is 0 Å². The number of carbonyl (C=O) groups excluding carboxylic acids is 2. The first-order chi connectivity index (χ1) is 17.3. The van der Waals surface area contributed by atoms with E-state index in [0.717, 1.165) is 13.1 Å². The van der Waals surface area contributed by atoms with Gasteiger partial charge in [0.2, 0.25) is 5.91 Å². The van der Waals surface area contributed by atoms with Gasteiger partial charge in [-0.15, -0.1) is 4.31 Å². The average Bonchev–Trinajstić information content (AvgIpc) is 2.92. The van der Waals surface area contributed by atoms with E-state index in [2.05, 4.69) is 16.1 Å². The van der Waals surface area contributed by atoms with Gasteiger partial charge < -0.3 is 31.7 Å². The summed E-state index contributed by atoms with van der Waals surface area (Å²) in [4.78, 5) is 39.3. The van der Waals surface area contributed by atoms with Crippen LogP contribution in [0.25, 0.3) is 0 Å². The first-order valence-corrected chi connectivity index (χ1v) is 13.5. The SMILES string of the molecule is CC(OC(N)=O)C1(C)C(C=CNC(=O)C(NOCC(=O)O)C2=CSC(C)(N)NCC2)C(C)(O)N1S(=O)(=O)O. The van der Waals surface area contributed by atoms with Crippen molar-refractivity contribution in [1.82, 2.24) is 20.4 Å². The topological polar surface area (TPSA) is 256 Å². The van der Waals surface area contributed by atoms with Crippen LogP contribution in [-0.4, -0.2) is 87.0 Å². The first-order valence-electron chi connectivity index (χ1n) is 11.3. The Morgan fingerprint density at radius 3 is 2.55 bits per heavy atom. The number of carboxylic acids is 1. The number of hydrogen-bond donors (Lipinski definition) is 8. The second-order valence-electron chi connectivity index (χ2n) is 9.31. The molecule has 1 saturated heterocycles. The molecule has 6 atom stereocenters. The van der Waals surface area contributed by atoms with Crippen LogP contribution >= 0.6 is 11.8 Å². The lowest BCUT2D eigenvalue weighted by Crippen LogP contribution is -2.82. The highest BCUT2D eigenvalue weighted by Crippen LogP contribution is 2.53. The Hall–Kier alpha value is -2.29. The van der Waals surface area contributed by atoms with Gasteiger partial charge in [0, 0.05) is 18.7 Å². The summed E-state index contributed by atoms with van der Waals surface area (Å²) in [5, 5.41) is 26.9. The second-order valence-corrected chi connectivity index (χ2v) is 11.9. The third-order valence-corrected chi connectivity index (χ3v) is 8.58. The number of carboxylic acid groups (broad SMARTS) is 1. The Labute approximate surface area is 224 Å². The molecule has 0 radical (unpaired) electrons. The summed E-state index contributed by atoms with van der Waals surface area (Å²) in [6.07, 6.45) is 0.345. The number of aliphatic hydroxyl groups is 1. The summed E-state index contributed by atoms with van der Waals surface area (Å²) < 4.78 is 39.1. The minimum atomic E-state index is -4.97. The molecule has 2 aliphatic heterocycles. The molecule has 0 bridgehead atoms. The molecule has 0 aromatic heterocycles. The van der Waals surface area contributed by atoms with E-state index in [-0.39, 0.29) is 0 Å². The molecular formula is C20H34N6O10S2. The van der Waals surface area contributed by atoms with Crippen molar-refractivity contribution in [2.24, 2.45) is 17.4 Å². The van der Waals surface area contributed by atoms with Crippen molar-refractivity contribution in [3.63, 3.8) is 0 Å². The number of amides is 2. The number of hydroxylamine groups is 1. The lowest BCUT2D eigenvalue weighted by molar-refractivity contribution is -0.260. The van der Waals surface area contributed by atoms with Gasteiger partial charge in [0.05, 0.1) is 5.54 Å². The fourth-order valence-electron chi connectivity index (χ4n) is 4.56. The van der Waals surface area contributed by atoms with E-state index in [4.69, 9.17) is 26.1 Å². The number of nitrogens with zero attached hydrogens (tertiary/aromatic N) is 1. The predicted molar refractivity (Wildman–Crippen MR) is 135 cm³/mol. The molecule has 10 N–H and O–H groups in total. The van der Waals surface area contributed by atoms with Gasteiger partial charge in [0.15, 0.2) is 6.61 Å². The third kappa shape index (κ3) is 7.21. The van der Waals surface area contributed by atoms with Crippen molar-refractivity contribution >= 4 is 40.0 Å². The number of ether oxygens (including phenoxy) is 1. The largest absolute Gasteiger partial charge is 0.479 e. The summed E-state index contributed by atoms with van der Waals surface area (Å²) in [7, 11) is -4.97. The minimum absolute atomic E-state index is 0.367. The standard InChI is InChI=1S/C20H34N6O10S2/c1-11(36-17(21)30)18(2)13(19(3,31)26(18)38(32,33)34)6-7-23-16(29)15(25-35-9-14(27)28)12-5-8-24-20(4,22)37-10-12/h6-7,10-11,13,15,24-25,31H,5,8-9,22H2,1-4H3,(H2,21,30)(H,23,29)(H,27,28)(H,32,33,34). The maximum Gasteiger partial charge on any atom is 0.404 e. The molecular weight excluding hydrogens is 548 g/mol. The van der Waals surface area contributed by atoms with Crippen molar-refractivity contribution in [2.75, 3.05) is 13.2 Å². The van der Waals surface area contributed by atoms with Crippen molar-refractivity contribution in [1.29, 1.82) is 0 Å². The molecule has 0 saturated carbocycles. The number of thioether (sulfide) groups is 1. The van der Waals surface area contributed by atoms with Crippen molar-refractivity contribution in [3.05, 3.63) is 23.3 Å². The Bertz CT molecular complexity index is 1100. The van der Waals surface area contributed by atoms with Crippen LogP contribution in [0.4, 0.5) is 4.79 Å². The van der Waals surface area contributed by atoms with Crippen LogP contribution in [0.5, 0.6) is 0 Å². The van der Waals surface area contributed by atoms with Crippen LogP contribution < -0.4 is 27.6 Å². The molecule has 18 heteroatoms. The fraction of sp³-hybridized carbons (Fsp3) is 0.650. The van der Waals surface area contributed by atoms with Crippen LogP contribution in [0.15, 0.2) is 23.3 Å². The molecule has 38 heavy (non-hydrogen) atoms. The lowest BCUT2D eigenvalue weighted by Gasteiger charge is -2.64.